The van der Waals surface area contributed by atoms with E-state index in [4.69, 9.17) is 214 Å². The molecule has 294 valence electrons. The topological polar surface area (TPSA) is 106 Å². The molecular weight excluding hydrogens is 1110 g/mol. The molecule has 0 atom stereocenters. The van der Waals surface area contributed by atoms with Gasteiger partial charge in [-0.25, -0.2) is 9.97 Å². The Balaban J connectivity index is 0.00000256. The van der Waals surface area contributed by atoms with Gasteiger partial charge in [-0.15, -0.1) is 0 Å². The van der Waals surface area contributed by atoms with Crippen LogP contribution in [0.5, 0.6) is 0 Å². The summed E-state index contributed by atoms with van der Waals surface area (Å²) in [5, 5.41) is -0.0437. The Morgan fingerprint density at radius 3 is 0.793 bits per heavy atom. The van der Waals surface area contributed by atoms with Gasteiger partial charge >= 0.3 is 17.1 Å². The van der Waals surface area contributed by atoms with Gasteiger partial charge in [0.1, 0.15) is 0 Å². The molecule has 0 fully saturated rings. The molecule has 5 heterocycles. The average Bonchev–Trinajstić information content (AvgIpc) is 3.92. The minimum atomic E-state index is -0.0950. The number of fused-ring (bicyclic) bond motifs is 20. The van der Waals surface area contributed by atoms with Gasteiger partial charge in [0.25, 0.3) is 0 Å². The number of nitrogens with zero attached hydrogens (tertiary/aromatic N) is 8. The second kappa shape index (κ2) is 16.0. The summed E-state index contributed by atoms with van der Waals surface area (Å²) in [6.45, 7) is 1.67. The Bertz CT molecular complexity index is 2820. The molecule has 7 aromatic rings. The number of hydrogen-bond donors (Lipinski definition) is 0. The Hall–Kier alpha value is -0.891. The van der Waals surface area contributed by atoms with E-state index in [-0.39, 0.29) is 190 Å². The summed E-state index contributed by atoms with van der Waals surface area (Å²) in [5.41, 5.74) is 0.790. The third-order valence-electron chi connectivity index (χ3n) is 8.82. The van der Waals surface area contributed by atoms with Crippen molar-refractivity contribution in [2.45, 2.75) is 6.92 Å². The fraction of sp³-hybridized carbons (Fsp3) is 0.0294. The van der Waals surface area contributed by atoms with E-state index in [2.05, 4.69) is 0 Å². The van der Waals surface area contributed by atoms with Crippen LogP contribution in [0.4, 0.5) is 0 Å². The van der Waals surface area contributed by atoms with Gasteiger partial charge in [0, 0.05) is 66.4 Å². The molecule has 9 rings (SSSR count). The van der Waals surface area contributed by atoms with Crippen molar-refractivity contribution in [3.05, 3.63) is 88.3 Å². The summed E-state index contributed by atoms with van der Waals surface area (Å²) < 4.78 is 0. The molecule has 4 aromatic carbocycles. The van der Waals surface area contributed by atoms with Crippen molar-refractivity contribution in [1.82, 2.24) is 39.9 Å². The van der Waals surface area contributed by atoms with E-state index < -0.39 is 0 Å². The number of benzene rings is 4. The zero-order valence-electron chi connectivity index (χ0n) is 27.6. The maximum Gasteiger partial charge on any atom is 3.00 e. The molecule has 0 radical (unpaired) electrons. The molecule has 0 saturated carbocycles. The van der Waals surface area contributed by atoms with E-state index in [1.165, 1.54) is 0 Å². The first kappa shape index (κ1) is 45.1. The summed E-state index contributed by atoms with van der Waals surface area (Å²) >= 11 is 101. The number of aromatic nitrogens is 8. The van der Waals surface area contributed by atoms with E-state index >= 15 is 0 Å². The molecule has 8 nitrogen and oxygen atoms in total. The predicted octanol–water partition coefficient (Wildman–Crippen LogP) is 16.7. The van der Waals surface area contributed by atoms with Crippen molar-refractivity contribution >= 4 is 218 Å². The second-order valence-electron chi connectivity index (χ2n) is 11.8. The van der Waals surface area contributed by atoms with Crippen molar-refractivity contribution in [2.75, 3.05) is 0 Å². The minimum absolute atomic E-state index is 0. The Morgan fingerprint density at radius 1 is 0.293 bits per heavy atom. The first-order valence-electron chi connectivity index (χ1n) is 14.9. The molecule has 2 aliphatic rings. The van der Waals surface area contributed by atoms with E-state index in [9.17, 15) is 0 Å². The zero-order chi connectivity index (χ0) is 40.1. The molecule has 3 aromatic heterocycles. The Labute approximate surface area is 411 Å². The van der Waals surface area contributed by atoms with Crippen LogP contribution in [-0.4, -0.2) is 29.9 Å². The molecule has 58 heavy (non-hydrogen) atoms. The standard InChI is InChI=1S/C33H3Cl15N8.CH3.Mn/c1-2-11(34)3-4(13(36)12(2)35)27-49-26(3)50-28-5-6(15(38)21(44)20(43)14(5)37)30(52-28)54-32-9-10(19(42)25(48)24(47)18(9)41)33(56-32)55-31-8-7(29(51-27)53-31)16(39)22(45)23(46)17(8)40;;/h1H3;1H3;/q-2;-1;+3. The van der Waals surface area contributed by atoms with Gasteiger partial charge in [-0.2, -0.15) is 0 Å². The molecular formula is C34H6Cl15MnN8. The Kier molecular flexibility index (Phi) is 12.5. The van der Waals surface area contributed by atoms with Crippen LogP contribution in [0.1, 0.15) is 5.56 Å². The molecule has 8 bridgehead atoms. The minimum Gasteiger partial charge on any atom is -0.358 e. The van der Waals surface area contributed by atoms with Crippen LogP contribution >= 0.6 is 174 Å². The summed E-state index contributed by atoms with van der Waals surface area (Å²) in [5.74, 6) is -0.262. The molecule has 0 spiro atoms. The fourth-order valence-corrected chi connectivity index (χ4v) is 10.1. The molecule has 0 N–H and O–H groups in total. The normalized spacial score (nSPS) is 11.9. The second-order valence-corrected chi connectivity index (χ2v) is 17.5. The van der Waals surface area contributed by atoms with Crippen molar-refractivity contribution in [1.29, 1.82) is 0 Å². The largest absolute Gasteiger partial charge is 3.00 e. The maximum absolute atomic E-state index is 6.95. The van der Waals surface area contributed by atoms with Gasteiger partial charge < -0.3 is 37.3 Å². The third-order valence-corrected chi connectivity index (χ3v) is 15.7. The van der Waals surface area contributed by atoms with Gasteiger partial charge in [-0.05, 0) is 12.5 Å². The maximum atomic E-state index is 6.95. The summed E-state index contributed by atoms with van der Waals surface area (Å²) in [4.78, 5) is 38.0. The van der Waals surface area contributed by atoms with Crippen LogP contribution < -0.4 is 9.97 Å². The van der Waals surface area contributed by atoms with Crippen LogP contribution in [0.2, 0.25) is 75.3 Å². The van der Waals surface area contributed by atoms with Crippen LogP contribution in [0.3, 0.4) is 0 Å². The van der Waals surface area contributed by atoms with Crippen LogP contribution in [0.15, 0.2) is 0 Å². The number of rotatable bonds is 0. The van der Waals surface area contributed by atoms with Gasteiger partial charge in [0.05, 0.1) is 98.6 Å². The van der Waals surface area contributed by atoms with Crippen LogP contribution in [0, 0.1) is 14.4 Å². The summed E-state index contributed by atoms with van der Waals surface area (Å²) in [7, 11) is 0. The summed E-state index contributed by atoms with van der Waals surface area (Å²) in [6.07, 6.45) is 0. The molecule has 0 unspecified atom stereocenters. The molecule has 24 heteroatoms. The molecule has 0 amide bonds. The van der Waals surface area contributed by atoms with E-state index in [1.54, 1.807) is 6.92 Å². The van der Waals surface area contributed by atoms with Crippen LogP contribution in [0.25, 0.3) is 89.7 Å². The van der Waals surface area contributed by atoms with Crippen molar-refractivity contribution < 1.29 is 17.1 Å². The average molecular weight is 1110 g/mol. The van der Waals surface area contributed by atoms with Gasteiger partial charge in [-0.1, -0.05) is 174 Å². The predicted molar refractivity (Wildman–Crippen MR) is 240 cm³/mol. The smallest absolute Gasteiger partial charge is 0.358 e. The van der Waals surface area contributed by atoms with Crippen molar-refractivity contribution in [3.8, 4) is 45.6 Å². The molecule has 2 aliphatic heterocycles. The number of halogens is 15. The third kappa shape index (κ3) is 6.37. The zero-order valence-corrected chi connectivity index (χ0v) is 40.1. The fourth-order valence-electron chi connectivity index (χ4n) is 6.25. The Morgan fingerprint density at radius 2 is 0.517 bits per heavy atom. The van der Waals surface area contributed by atoms with Gasteiger partial charge in [-0.3, -0.25) is 0 Å². The quantitative estimate of drug-likeness (QED) is 0.0640. The van der Waals surface area contributed by atoms with Crippen molar-refractivity contribution in [2.24, 2.45) is 0 Å². The van der Waals surface area contributed by atoms with E-state index in [0.29, 0.717) is 5.56 Å². The van der Waals surface area contributed by atoms with Gasteiger partial charge in [0.15, 0.2) is 0 Å². The number of hydrogen-bond acceptors (Lipinski definition) is 6. The van der Waals surface area contributed by atoms with Crippen LogP contribution in [-0.2, 0) is 17.1 Å². The SMILES string of the molecule is Cc1c(Cl)c(Cl)c2c(c1Cl)-c1nc-2nc2[n-]c(nc3nc(nc4[n-]c(n1)c1c(Cl)c(Cl)c(Cl)c(Cl)c41)-c1c(Cl)c(Cl)c(Cl)c(Cl)c1-3)c1c(Cl)c(Cl)c(Cl)c(Cl)c21.[CH3-].[Mn+3]. The van der Waals surface area contributed by atoms with Gasteiger partial charge in [0.2, 0.25) is 0 Å². The first-order valence-corrected chi connectivity index (χ1v) is 20.6. The van der Waals surface area contributed by atoms with E-state index in [0.717, 1.165) is 0 Å². The first-order chi connectivity index (χ1) is 26.4. The summed E-state index contributed by atoms with van der Waals surface area (Å²) in [6, 6.07) is 0. The monoisotopic (exact) mass is 1110 g/mol. The molecule has 0 aliphatic carbocycles. The van der Waals surface area contributed by atoms with E-state index in [1.807, 2.05) is 0 Å². The molecule has 0 saturated heterocycles. The van der Waals surface area contributed by atoms with Crippen molar-refractivity contribution in [3.63, 3.8) is 0 Å².